The molecule has 0 aliphatic carbocycles. The van der Waals surface area contributed by atoms with E-state index in [0.29, 0.717) is 37.3 Å². The molecular formula is C18H17F3N6O2. The number of pyridine rings is 1. The average molecular weight is 406 g/mol. The van der Waals surface area contributed by atoms with Gasteiger partial charge in [0.25, 0.3) is 0 Å². The van der Waals surface area contributed by atoms with E-state index < -0.39 is 29.7 Å². The molecule has 4 rings (SSSR count). The fourth-order valence-electron chi connectivity index (χ4n) is 3.96. The van der Waals surface area contributed by atoms with Gasteiger partial charge in [-0.1, -0.05) is 0 Å². The predicted octanol–water partition coefficient (Wildman–Crippen LogP) is 2.15. The van der Waals surface area contributed by atoms with Crippen molar-refractivity contribution in [1.29, 1.82) is 5.26 Å². The van der Waals surface area contributed by atoms with Gasteiger partial charge in [-0.05, 0) is 25.0 Å². The molecule has 2 aromatic rings. The number of H-pyrrole nitrogens is 1. The van der Waals surface area contributed by atoms with Crippen LogP contribution < -0.4 is 10.2 Å². The van der Waals surface area contributed by atoms with E-state index in [1.807, 2.05) is 11.0 Å². The number of piperidine rings is 1. The van der Waals surface area contributed by atoms with Crippen LogP contribution in [0.3, 0.4) is 0 Å². The maximum Gasteiger partial charge on any atom is 0.422 e. The van der Waals surface area contributed by atoms with E-state index in [1.54, 1.807) is 12.1 Å². The second-order valence-corrected chi connectivity index (χ2v) is 7.22. The van der Waals surface area contributed by atoms with Crippen LogP contribution in [0.4, 0.5) is 24.8 Å². The number of anilines is 2. The van der Waals surface area contributed by atoms with Gasteiger partial charge in [-0.15, -0.1) is 0 Å². The molecule has 0 spiro atoms. The molecule has 11 heteroatoms. The molecule has 1 unspecified atom stereocenters. The van der Waals surface area contributed by atoms with Gasteiger partial charge < -0.3 is 15.3 Å². The average Bonchev–Trinajstić information content (AvgIpc) is 3.11. The number of carbonyl (C=O) groups is 1. The largest absolute Gasteiger partial charge is 0.422 e. The zero-order chi connectivity index (χ0) is 20.8. The summed E-state index contributed by atoms with van der Waals surface area (Å²) in [4.78, 5) is 17.9. The molecule has 0 radical (unpaired) electrons. The summed E-state index contributed by atoms with van der Waals surface area (Å²) >= 11 is 0. The highest BCUT2D eigenvalue weighted by atomic mass is 19.4. The zero-order valence-electron chi connectivity index (χ0n) is 15.1. The number of nitrogens with one attached hydrogen (secondary N) is 2. The van der Waals surface area contributed by atoms with Crippen LogP contribution in [0.2, 0.25) is 0 Å². The molecule has 0 aromatic carbocycles. The summed E-state index contributed by atoms with van der Waals surface area (Å²) in [5, 5.41) is 28.2. The molecule has 4 heterocycles. The molecule has 29 heavy (non-hydrogen) atoms. The Morgan fingerprint density at radius 2 is 2.07 bits per heavy atom. The lowest BCUT2D eigenvalue weighted by Crippen LogP contribution is -2.48. The van der Waals surface area contributed by atoms with Gasteiger partial charge in [-0.25, -0.2) is 4.98 Å². The van der Waals surface area contributed by atoms with E-state index in [-0.39, 0.29) is 17.4 Å². The molecular weight excluding hydrogens is 389 g/mol. The first kappa shape index (κ1) is 19.2. The number of hydrogen-bond donors (Lipinski definition) is 3. The first-order valence-electron chi connectivity index (χ1n) is 9.02. The van der Waals surface area contributed by atoms with Crippen LogP contribution in [0.1, 0.15) is 42.0 Å². The topological polar surface area (TPSA) is 118 Å². The Bertz CT molecular complexity index is 990. The van der Waals surface area contributed by atoms with Crippen molar-refractivity contribution in [3.05, 3.63) is 35.2 Å². The lowest BCUT2D eigenvalue weighted by atomic mass is 9.81. The number of alkyl halides is 3. The van der Waals surface area contributed by atoms with Crippen molar-refractivity contribution in [3.8, 4) is 6.07 Å². The summed E-state index contributed by atoms with van der Waals surface area (Å²) in [5.41, 5.74) is -3.00. The normalized spacial score (nSPS) is 22.7. The molecule has 2 aliphatic heterocycles. The molecule has 1 fully saturated rings. The van der Waals surface area contributed by atoms with E-state index in [2.05, 4.69) is 20.5 Å². The molecule has 0 bridgehead atoms. The van der Waals surface area contributed by atoms with Crippen LogP contribution in [0.15, 0.2) is 18.3 Å². The minimum Gasteiger partial charge on any atom is -0.376 e. The highest BCUT2D eigenvalue weighted by molar-refractivity contribution is 5.94. The minimum atomic E-state index is -5.01. The number of halogens is 3. The summed E-state index contributed by atoms with van der Waals surface area (Å²) in [5.74, 6) is -0.880. The highest BCUT2D eigenvalue weighted by Crippen LogP contribution is 2.49. The molecule has 0 saturated carbocycles. The second-order valence-electron chi connectivity index (χ2n) is 7.22. The predicted molar refractivity (Wildman–Crippen MR) is 94.9 cm³/mol. The van der Waals surface area contributed by atoms with Gasteiger partial charge >= 0.3 is 6.18 Å². The molecule has 8 nitrogen and oxygen atoms in total. The number of amides is 1. The lowest BCUT2D eigenvalue weighted by Gasteiger charge is -2.37. The fraction of sp³-hybridized carbons (Fsp3) is 0.444. The minimum absolute atomic E-state index is 0.193. The number of fused-ring (bicyclic) bond motifs is 1. The Morgan fingerprint density at radius 1 is 1.34 bits per heavy atom. The molecule has 152 valence electrons. The number of rotatable bonds is 2. The lowest BCUT2D eigenvalue weighted by molar-refractivity contribution is -0.267. The van der Waals surface area contributed by atoms with Gasteiger partial charge in [0.15, 0.2) is 11.4 Å². The Morgan fingerprint density at radius 3 is 2.72 bits per heavy atom. The molecule has 1 amide bonds. The van der Waals surface area contributed by atoms with Crippen molar-refractivity contribution in [1.82, 2.24) is 15.2 Å². The summed E-state index contributed by atoms with van der Waals surface area (Å²) in [6.07, 6.45) is -3.58. The quantitative estimate of drug-likeness (QED) is 0.703. The molecule has 2 aliphatic rings. The summed E-state index contributed by atoms with van der Waals surface area (Å²) < 4.78 is 40.9. The van der Waals surface area contributed by atoms with Gasteiger partial charge in [0.05, 0.1) is 23.6 Å². The van der Waals surface area contributed by atoms with Crippen LogP contribution >= 0.6 is 0 Å². The SMILES string of the molecule is N#Cc1ccnc(N2CCC(c3[nH]nc4c3C(O)(C(F)(F)F)CC(=O)N4)CC2)c1. The second kappa shape index (κ2) is 6.73. The molecule has 2 aromatic heterocycles. The van der Waals surface area contributed by atoms with E-state index in [9.17, 15) is 23.1 Å². The number of aromatic nitrogens is 3. The third kappa shape index (κ3) is 3.19. The van der Waals surface area contributed by atoms with Crippen molar-refractivity contribution in [3.63, 3.8) is 0 Å². The highest BCUT2D eigenvalue weighted by Gasteiger charge is 2.61. The molecule has 1 saturated heterocycles. The number of aromatic amines is 1. The Labute approximate surface area is 163 Å². The monoisotopic (exact) mass is 406 g/mol. The van der Waals surface area contributed by atoms with Crippen LogP contribution in [0, 0.1) is 11.3 Å². The fourth-order valence-corrected chi connectivity index (χ4v) is 3.96. The van der Waals surface area contributed by atoms with Gasteiger partial charge in [-0.3, -0.25) is 9.89 Å². The summed E-state index contributed by atoms with van der Waals surface area (Å²) in [6.45, 7) is 1.02. The van der Waals surface area contributed by atoms with Crippen molar-refractivity contribution in [2.24, 2.45) is 0 Å². The molecule has 1 atom stereocenters. The first-order valence-corrected chi connectivity index (χ1v) is 9.02. The number of carbonyl (C=O) groups excluding carboxylic acids is 1. The number of aliphatic hydroxyl groups is 1. The smallest absolute Gasteiger partial charge is 0.376 e. The van der Waals surface area contributed by atoms with Gasteiger partial charge in [0.2, 0.25) is 5.91 Å². The zero-order valence-corrected chi connectivity index (χ0v) is 15.1. The standard InChI is InChI=1S/C18H17F3N6O2/c19-18(20,21)17(29)8-13(28)24-16-14(17)15(25-26-16)11-2-5-27(6-3-11)12-7-10(9-22)1-4-23-12/h1,4,7,11,29H,2-3,5-6,8H2,(H2,24,25,26,28). The summed E-state index contributed by atoms with van der Waals surface area (Å²) in [7, 11) is 0. The number of nitrogens with zero attached hydrogens (tertiary/aromatic N) is 4. The van der Waals surface area contributed by atoms with E-state index >= 15 is 0 Å². The van der Waals surface area contributed by atoms with E-state index in [4.69, 9.17) is 5.26 Å². The van der Waals surface area contributed by atoms with Crippen molar-refractivity contribution < 1.29 is 23.1 Å². The maximum atomic E-state index is 13.6. The molecule has 3 N–H and O–H groups in total. The maximum absolute atomic E-state index is 13.6. The summed E-state index contributed by atoms with van der Waals surface area (Å²) in [6, 6.07) is 5.31. The Kier molecular flexibility index (Phi) is 4.46. The van der Waals surface area contributed by atoms with Crippen LogP contribution in [-0.4, -0.2) is 45.5 Å². The van der Waals surface area contributed by atoms with Crippen LogP contribution in [-0.2, 0) is 10.4 Å². The Balaban J connectivity index is 1.59. The van der Waals surface area contributed by atoms with E-state index in [0.717, 1.165) is 0 Å². The van der Waals surface area contributed by atoms with Gasteiger partial charge in [0.1, 0.15) is 5.82 Å². The van der Waals surface area contributed by atoms with E-state index in [1.165, 1.54) is 6.20 Å². The third-order valence-electron chi connectivity index (χ3n) is 5.45. The van der Waals surface area contributed by atoms with Gasteiger partial charge in [0, 0.05) is 30.9 Å². The third-order valence-corrected chi connectivity index (χ3v) is 5.45. The van der Waals surface area contributed by atoms with Crippen molar-refractivity contribution in [2.45, 2.75) is 37.0 Å². The van der Waals surface area contributed by atoms with Gasteiger partial charge in [-0.2, -0.15) is 23.5 Å². The van der Waals surface area contributed by atoms with Crippen molar-refractivity contribution in [2.75, 3.05) is 23.3 Å². The Hall–Kier alpha value is -3.13. The van der Waals surface area contributed by atoms with Crippen molar-refractivity contribution >= 4 is 17.5 Å². The van der Waals surface area contributed by atoms with Crippen LogP contribution in [0.5, 0.6) is 0 Å². The van der Waals surface area contributed by atoms with Crippen LogP contribution in [0.25, 0.3) is 0 Å². The first-order chi connectivity index (χ1) is 13.7. The number of nitriles is 1. The number of hydrogen-bond acceptors (Lipinski definition) is 6.